The van der Waals surface area contributed by atoms with Crippen molar-refractivity contribution in [3.8, 4) is 0 Å². The fourth-order valence-corrected chi connectivity index (χ4v) is 3.05. The number of thioether (sulfide) groups is 1. The SMILES string of the molecule is CC(Sc1nc2ccccc2c(=O)n1C)C(=O)Nc1ccccn1. The van der Waals surface area contributed by atoms with Crippen LogP contribution in [0.3, 0.4) is 0 Å². The molecule has 2 heterocycles. The Balaban J connectivity index is 1.82. The number of pyridine rings is 1. The molecular weight excluding hydrogens is 324 g/mol. The molecule has 2 aromatic heterocycles. The number of hydrogen-bond acceptors (Lipinski definition) is 5. The fraction of sp³-hybridized carbons (Fsp3) is 0.176. The lowest BCUT2D eigenvalue weighted by atomic mass is 10.2. The van der Waals surface area contributed by atoms with Crippen molar-refractivity contribution in [2.24, 2.45) is 7.05 Å². The molecule has 6 nitrogen and oxygen atoms in total. The van der Waals surface area contributed by atoms with Gasteiger partial charge >= 0.3 is 0 Å². The number of nitrogens with one attached hydrogen (secondary N) is 1. The molecule has 1 atom stereocenters. The highest BCUT2D eigenvalue weighted by molar-refractivity contribution is 8.00. The van der Waals surface area contributed by atoms with Crippen molar-refractivity contribution in [3.63, 3.8) is 0 Å². The molecule has 122 valence electrons. The molecule has 1 aromatic carbocycles. The Morgan fingerprint density at radius 2 is 1.96 bits per heavy atom. The van der Waals surface area contributed by atoms with Gasteiger partial charge in [-0.05, 0) is 31.2 Å². The van der Waals surface area contributed by atoms with Crippen LogP contribution in [0.5, 0.6) is 0 Å². The lowest BCUT2D eigenvalue weighted by Crippen LogP contribution is -2.25. The van der Waals surface area contributed by atoms with Gasteiger partial charge in [0.15, 0.2) is 5.16 Å². The van der Waals surface area contributed by atoms with Crippen LogP contribution in [0.25, 0.3) is 10.9 Å². The zero-order valence-corrected chi connectivity index (χ0v) is 14.1. The molecule has 1 N–H and O–H groups in total. The van der Waals surface area contributed by atoms with E-state index in [2.05, 4.69) is 15.3 Å². The van der Waals surface area contributed by atoms with Gasteiger partial charge in [0, 0.05) is 13.2 Å². The predicted molar refractivity (Wildman–Crippen MR) is 95.2 cm³/mol. The summed E-state index contributed by atoms with van der Waals surface area (Å²) in [5, 5.41) is 3.39. The van der Waals surface area contributed by atoms with Crippen molar-refractivity contribution in [2.75, 3.05) is 5.32 Å². The van der Waals surface area contributed by atoms with E-state index in [1.165, 1.54) is 16.3 Å². The van der Waals surface area contributed by atoms with Crippen LogP contribution in [-0.2, 0) is 11.8 Å². The van der Waals surface area contributed by atoms with Gasteiger partial charge in [-0.3, -0.25) is 14.2 Å². The number of rotatable bonds is 4. The molecule has 7 heteroatoms. The van der Waals surface area contributed by atoms with Gasteiger partial charge in [0.1, 0.15) is 5.82 Å². The largest absolute Gasteiger partial charge is 0.310 e. The van der Waals surface area contributed by atoms with Crippen molar-refractivity contribution < 1.29 is 4.79 Å². The van der Waals surface area contributed by atoms with E-state index < -0.39 is 5.25 Å². The van der Waals surface area contributed by atoms with Crippen LogP contribution in [0.4, 0.5) is 5.82 Å². The molecule has 0 saturated heterocycles. The highest BCUT2D eigenvalue weighted by atomic mass is 32.2. The summed E-state index contributed by atoms with van der Waals surface area (Å²) in [6.07, 6.45) is 1.61. The van der Waals surface area contributed by atoms with E-state index in [4.69, 9.17) is 0 Å². The molecule has 0 saturated carbocycles. The summed E-state index contributed by atoms with van der Waals surface area (Å²) in [6.45, 7) is 1.77. The number of carbonyl (C=O) groups excluding carboxylic acids is 1. The van der Waals surface area contributed by atoms with Gasteiger partial charge < -0.3 is 5.32 Å². The van der Waals surface area contributed by atoms with Crippen molar-refractivity contribution >= 4 is 34.4 Å². The maximum atomic E-state index is 12.4. The van der Waals surface area contributed by atoms with Crippen LogP contribution < -0.4 is 10.9 Å². The molecule has 1 amide bonds. The predicted octanol–water partition coefficient (Wildman–Crippen LogP) is 2.45. The number of amides is 1. The number of benzene rings is 1. The van der Waals surface area contributed by atoms with E-state index in [-0.39, 0.29) is 11.5 Å². The summed E-state index contributed by atoms with van der Waals surface area (Å²) in [5.74, 6) is 0.302. The minimum absolute atomic E-state index is 0.125. The molecule has 0 aliphatic carbocycles. The van der Waals surface area contributed by atoms with Crippen molar-refractivity contribution in [3.05, 3.63) is 59.0 Å². The van der Waals surface area contributed by atoms with E-state index in [1.54, 1.807) is 56.6 Å². The van der Waals surface area contributed by atoms with Gasteiger partial charge in [0.2, 0.25) is 5.91 Å². The molecule has 3 aromatic rings. The molecule has 0 aliphatic heterocycles. The Bertz CT molecular complexity index is 940. The molecule has 0 aliphatic rings. The van der Waals surface area contributed by atoms with Gasteiger partial charge in [0.25, 0.3) is 5.56 Å². The van der Waals surface area contributed by atoms with Crippen LogP contribution >= 0.6 is 11.8 Å². The van der Waals surface area contributed by atoms with Crippen molar-refractivity contribution in [2.45, 2.75) is 17.3 Å². The molecular formula is C17H16N4O2S. The van der Waals surface area contributed by atoms with Crippen LogP contribution in [-0.4, -0.2) is 25.7 Å². The molecule has 1 unspecified atom stereocenters. The zero-order chi connectivity index (χ0) is 17.1. The summed E-state index contributed by atoms with van der Waals surface area (Å²) in [4.78, 5) is 33.2. The third-order valence-corrected chi connectivity index (χ3v) is 4.65. The molecule has 3 rings (SSSR count). The monoisotopic (exact) mass is 340 g/mol. The summed E-state index contributed by atoms with van der Waals surface area (Å²) in [5.41, 5.74) is 0.501. The van der Waals surface area contributed by atoms with E-state index in [0.717, 1.165) is 0 Å². The Labute approximate surface area is 142 Å². The Kier molecular flexibility index (Phi) is 4.61. The topological polar surface area (TPSA) is 76.9 Å². The van der Waals surface area contributed by atoms with E-state index in [0.29, 0.717) is 21.9 Å². The standard InChI is InChI=1S/C17H16N4O2S/c1-11(15(22)20-14-9-5-6-10-18-14)24-17-19-13-8-4-3-7-12(13)16(23)21(17)2/h3-11H,1-2H3,(H,18,20,22). The first-order valence-corrected chi connectivity index (χ1v) is 8.28. The molecule has 0 bridgehead atoms. The van der Waals surface area contributed by atoms with Crippen molar-refractivity contribution in [1.82, 2.24) is 14.5 Å². The number of nitrogens with zero attached hydrogens (tertiary/aromatic N) is 3. The number of fused-ring (bicyclic) bond motifs is 1. The summed E-state index contributed by atoms with van der Waals surface area (Å²) >= 11 is 1.24. The third kappa shape index (κ3) is 3.30. The van der Waals surface area contributed by atoms with Crippen LogP contribution in [0.1, 0.15) is 6.92 Å². The van der Waals surface area contributed by atoms with E-state index in [1.807, 2.05) is 6.07 Å². The van der Waals surface area contributed by atoms with Crippen LogP contribution in [0.15, 0.2) is 58.6 Å². The average Bonchev–Trinajstić information content (AvgIpc) is 2.60. The number of anilines is 1. The van der Waals surface area contributed by atoms with Gasteiger partial charge in [-0.15, -0.1) is 0 Å². The molecule has 0 spiro atoms. The Hall–Kier alpha value is -2.67. The second-order valence-corrected chi connectivity index (χ2v) is 6.55. The van der Waals surface area contributed by atoms with Gasteiger partial charge in [-0.2, -0.15) is 0 Å². The Morgan fingerprint density at radius 1 is 1.21 bits per heavy atom. The lowest BCUT2D eigenvalue weighted by Gasteiger charge is -2.13. The average molecular weight is 340 g/mol. The first-order chi connectivity index (χ1) is 11.6. The first-order valence-electron chi connectivity index (χ1n) is 7.40. The highest BCUT2D eigenvalue weighted by Gasteiger charge is 2.18. The number of para-hydroxylation sites is 1. The van der Waals surface area contributed by atoms with E-state index >= 15 is 0 Å². The maximum Gasteiger partial charge on any atom is 0.261 e. The summed E-state index contributed by atoms with van der Waals surface area (Å²) in [6, 6.07) is 12.5. The Morgan fingerprint density at radius 3 is 2.71 bits per heavy atom. The first kappa shape index (κ1) is 16.2. The quantitative estimate of drug-likeness (QED) is 0.583. The third-order valence-electron chi connectivity index (χ3n) is 3.51. The maximum absolute atomic E-state index is 12.4. The number of carbonyl (C=O) groups is 1. The smallest absolute Gasteiger partial charge is 0.261 e. The second kappa shape index (κ2) is 6.84. The minimum atomic E-state index is -0.425. The van der Waals surface area contributed by atoms with Crippen LogP contribution in [0, 0.1) is 0 Å². The normalized spacial score (nSPS) is 12.1. The van der Waals surface area contributed by atoms with E-state index in [9.17, 15) is 9.59 Å². The second-order valence-electron chi connectivity index (χ2n) is 5.24. The molecule has 24 heavy (non-hydrogen) atoms. The van der Waals surface area contributed by atoms with Gasteiger partial charge in [-0.25, -0.2) is 9.97 Å². The van der Waals surface area contributed by atoms with Gasteiger partial charge in [-0.1, -0.05) is 30.0 Å². The van der Waals surface area contributed by atoms with Crippen molar-refractivity contribution in [1.29, 1.82) is 0 Å². The van der Waals surface area contributed by atoms with Gasteiger partial charge in [0.05, 0.1) is 16.2 Å². The summed E-state index contributed by atoms with van der Waals surface area (Å²) < 4.78 is 1.47. The minimum Gasteiger partial charge on any atom is -0.310 e. The lowest BCUT2D eigenvalue weighted by molar-refractivity contribution is -0.115. The molecule has 0 fully saturated rings. The van der Waals surface area contributed by atoms with Crippen LogP contribution in [0.2, 0.25) is 0 Å². The fourth-order valence-electron chi connectivity index (χ4n) is 2.18. The number of hydrogen-bond donors (Lipinski definition) is 1. The number of aromatic nitrogens is 3. The highest BCUT2D eigenvalue weighted by Crippen LogP contribution is 2.22. The molecule has 0 radical (unpaired) electrons. The zero-order valence-electron chi connectivity index (χ0n) is 13.3. The summed E-state index contributed by atoms with van der Waals surface area (Å²) in [7, 11) is 1.66.